The fraction of sp³-hybridized carbons (Fsp3) is 1.00. The first-order valence-electron chi connectivity index (χ1n) is 6.41. The number of hydrogen-bond donors (Lipinski definition) is 1. The summed E-state index contributed by atoms with van der Waals surface area (Å²) in [5, 5.41) is 3.51. The maximum atomic E-state index is 5.34. The van der Waals surface area contributed by atoms with E-state index in [0.29, 0.717) is 17.5 Å². The summed E-state index contributed by atoms with van der Waals surface area (Å²) in [7, 11) is 1.80. The van der Waals surface area contributed by atoms with Gasteiger partial charge in [0.2, 0.25) is 0 Å². The first-order valence-corrected chi connectivity index (χ1v) is 6.41. The van der Waals surface area contributed by atoms with Crippen molar-refractivity contribution in [3.8, 4) is 0 Å². The summed E-state index contributed by atoms with van der Waals surface area (Å²) < 4.78 is 5.34. The number of nitrogens with one attached hydrogen (secondary N) is 1. The SMILES string of the molecule is COCC(CNC(C)C)N1CCC(C)(C)C1. The van der Waals surface area contributed by atoms with Gasteiger partial charge in [0.25, 0.3) is 0 Å². The van der Waals surface area contributed by atoms with Gasteiger partial charge in [0.05, 0.1) is 6.61 Å². The molecule has 16 heavy (non-hydrogen) atoms. The van der Waals surface area contributed by atoms with Gasteiger partial charge >= 0.3 is 0 Å². The zero-order valence-corrected chi connectivity index (χ0v) is 11.5. The van der Waals surface area contributed by atoms with Crippen LogP contribution in [0.3, 0.4) is 0 Å². The summed E-state index contributed by atoms with van der Waals surface area (Å²) in [4.78, 5) is 2.57. The quantitative estimate of drug-likeness (QED) is 0.749. The Kier molecular flexibility index (Phi) is 5.22. The van der Waals surface area contributed by atoms with Crippen molar-refractivity contribution in [3.63, 3.8) is 0 Å². The molecule has 1 N–H and O–H groups in total. The monoisotopic (exact) mass is 228 g/mol. The highest BCUT2D eigenvalue weighted by Gasteiger charge is 2.33. The number of methoxy groups -OCH3 is 1. The molecule has 0 aromatic heterocycles. The number of ether oxygens (including phenoxy) is 1. The minimum atomic E-state index is 0.476. The highest BCUT2D eigenvalue weighted by atomic mass is 16.5. The predicted octanol–water partition coefficient (Wildman–Crippen LogP) is 1.73. The van der Waals surface area contributed by atoms with Gasteiger partial charge in [0.1, 0.15) is 0 Å². The first-order chi connectivity index (χ1) is 7.44. The average molecular weight is 228 g/mol. The van der Waals surface area contributed by atoms with Crippen LogP contribution >= 0.6 is 0 Å². The minimum absolute atomic E-state index is 0.476. The Bertz CT molecular complexity index is 204. The standard InChI is InChI=1S/C13H28N2O/c1-11(2)14-8-12(9-16-5)15-7-6-13(3,4)10-15/h11-12,14H,6-10H2,1-5H3. The lowest BCUT2D eigenvalue weighted by molar-refractivity contribution is 0.0970. The summed E-state index contributed by atoms with van der Waals surface area (Å²) in [6.07, 6.45) is 1.30. The summed E-state index contributed by atoms with van der Waals surface area (Å²) in [6, 6.07) is 1.07. The lowest BCUT2D eigenvalue weighted by Crippen LogP contribution is -2.46. The van der Waals surface area contributed by atoms with Gasteiger partial charge < -0.3 is 10.1 Å². The summed E-state index contributed by atoms with van der Waals surface area (Å²) in [6.45, 7) is 13.4. The van der Waals surface area contributed by atoms with Crippen LogP contribution in [0.5, 0.6) is 0 Å². The molecule has 0 radical (unpaired) electrons. The molecule has 96 valence electrons. The summed E-state index contributed by atoms with van der Waals surface area (Å²) >= 11 is 0. The highest BCUT2D eigenvalue weighted by Crippen LogP contribution is 2.29. The Morgan fingerprint density at radius 3 is 2.50 bits per heavy atom. The van der Waals surface area contributed by atoms with Gasteiger partial charge in [-0.05, 0) is 18.4 Å². The summed E-state index contributed by atoms with van der Waals surface area (Å²) in [5.41, 5.74) is 0.476. The topological polar surface area (TPSA) is 24.5 Å². The molecule has 1 fully saturated rings. The van der Waals surface area contributed by atoms with E-state index in [1.165, 1.54) is 19.5 Å². The van der Waals surface area contributed by atoms with Crippen molar-refractivity contribution in [1.29, 1.82) is 0 Å². The summed E-state index contributed by atoms with van der Waals surface area (Å²) in [5.74, 6) is 0. The van der Waals surface area contributed by atoms with Crippen LogP contribution in [0, 0.1) is 5.41 Å². The van der Waals surface area contributed by atoms with Gasteiger partial charge in [0.15, 0.2) is 0 Å². The van der Waals surface area contributed by atoms with Crippen LogP contribution in [0.1, 0.15) is 34.1 Å². The van der Waals surface area contributed by atoms with Gasteiger partial charge in [0, 0.05) is 32.3 Å². The Balaban J connectivity index is 2.44. The van der Waals surface area contributed by atoms with E-state index >= 15 is 0 Å². The van der Waals surface area contributed by atoms with Crippen LogP contribution in [0.15, 0.2) is 0 Å². The second-order valence-electron chi connectivity index (χ2n) is 6.06. The van der Waals surface area contributed by atoms with Gasteiger partial charge in [-0.2, -0.15) is 0 Å². The molecule has 0 amide bonds. The molecule has 1 heterocycles. The number of likely N-dealkylation sites (tertiary alicyclic amines) is 1. The second kappa shape index (κ2) is 5.99. The van der Waals surface area contributed by atoms with E-state index in [9.17, 15) is 0 Å². The van der Waals surface area contributed by atoms with Gasteiger partial charge in [-0.25, -0.2) is 0 Å². The molecule has 1 atom stereocenters. The molecular formula is C13H28N2O. The molecule has 1 unspecified atom stereocenters. The normalized spacial score (nSPS) is 22.9. The predicted molar refractivity (Wildman–Crippen MR) is 68.8 cm³/mol. The second-order valence-corrected chi connectivity index (χ2v) is 6.06. The Labute approximate surface area is 101 Å². The minimum Gasteiger partial charge on any atom is -0.383 e. The molecular weight excluding hydrogens is 200 g/mol. The van der Waals surface area contributed by atoms with Crippen molar-refractivity contribution in [2.24, 2.45) is 5.41 Å². The smallest absolute Gasteiger partial charge is 0.0630 e. The number of hydrogen-bond acceptors (Lipinski definition) is 3. The van der Waals surface area contributed by atoms with E-state index in [1.807, 2.05) is 0 Å². The Morgan fingerprint density at radius 2 is 2.06 bits per heavy atom. The average Bonchev–Trinajstić information content (AvgIpc) is 2.53. The van der Waals surface area contributed by atoms with Crippen molar-refractivity contribution in [2.45, 2.75) is 46.2 Å². The van der Waals surface area contributed by atoms with Gasteiger partial charge in [-0.3, -0.25) is 4.90 Å². The molecule has 1 saturated heterocycles. The van der Waals surface area contributed by atoms with E-state index in [4.69, 9.17) is 4.74 Å². The van der Waals surface area contributed by atoms with Gasteiger partial charge in [-0.1, -0.05) is 27.7 Å². The van der Waals surface area contributed by atoms with Crippen molar-refractivity contribution in [3.05, 3.63) is 0 Å². The van der Waals surface area contributed by atoms with Crippen LogP contribution in [0.4, 0.5) is 0 Å². The molecule has 0 aliphatic carbocycles. The third-order valence-electron chi connectivity index (χ3n) is 3.34. The zero-order valence-electron chi connectivity index (χ0n) is 11.5. The molecule has 1 aliphatic heterocycles. The van der Waals surface area contributed by atoms with Crippen molar-refractivity contribution < 1.29 is 4.74 Å². The fourth-order valence-corrected chi connectivity index (χ4v) is 2.32. The molecule has 0 aromatic rings. The van der Waals surface area contributed by atoms with Crippen molar-refractivity contribution in [1.82, 2.24) is 10.2 Å². The van der Waals surface area contributed by atoms with E-state index in [-0.39, 0.29) is 0 Å². The van der Waals surface area contributed by atoms with Crippen LogP contribution in [-0.4, -0.2) is 50.3 Å². The molecule has 0 aromatic carbocycles. The van der Waals surface area contributed by atoms with E-state index in [2.05, 4.69) is 37.9 Å². The van der Waals surface area contributed by atoms with E-state index in [0.717, 1.165) is 13.2 Å². The van der Waals surface area contributed by atoms with Crippen LogP contribution in [0.2, 0.25) is 0 Å². The lowest BCUT2D eigenvalue weighted by Gasteiger charge is -2.29. The zero-order chi connectivity index (χ0) is 12.2. The highest BCUT2D eigenvalue weighted by molar-refractivity contribution is 4.87. The maximum Gasteiger partial charge on any atom is 0.0630 e. The first kappa shape index (κ1) is 13.9. The molecule has 0 spiro atoms. The third-order valence-corrected chi connectivity index (χ3v) is 3.34. The lowest BCUT2D eigenvalue weighted by atomic mass is 9.93. The number of rotatable bonds is 6. The largest absolute Gasteiger partial charge is 0.383 e. The molecule has 3 nitrogen and oxygen atoms in total. The van der Waals surface area contributed by atoms with Gasteiger partial charge in [-0.15, -0.1) is 0 Å². The van der Waals surface area contributed by atoms with Crippen LogP contribution in [-0.2, 0) is 4.74 Å². The molecule has 3 heteroatoms. The molecule has 0 bridgehead atoms. The van der Waals surface area contributed by atoms with Crippen molar-refractivity contribution >= 4 is 0 Å². The fourth-order valence-electron chi connectivity index (χ4n) is 2.32. The van der Waals surface area contributed by atoms with E-state index < -0.39 is 0 Å². The molecule has 1 rings (SSSR count). The van der Waals surface area contributed by atoms with Crippen molar-refractivity contribution in [2.75, 3.05) is 33.4 Å². The van der Waals surface area contributed by atoms with Crippen LogP contribution < -0.4 is 5.32 Å². The van der Waals surface area contributed by atoms with E-state index in [1.54, 1.807) is 7.11 Å². The van der Waals surface area contributed by atoms with Crippen LogP contribution in [0.25, 0.3) is 0 Å². The third kappa shape index (κ3) is 4.40. The maximum absolute atomic E-state index is 5.34. The molecule has 0 saturated carbocycles. The number of nitrogens with zero attached hydrogens (tertiary/aromatic N) is 1. The Morgan fingerprint density at radius 1 is 1.38 bits per heavy atom. The Hall–Kier alpha value is -0.120. The molecule has 1 aliphatic rings.